The van der Waals surface area contributed by atoms with Gasteiger partial charge in [0.2, 0.25) is 0 Å². The Morgan fingerprint density at radius 3 is 2.36 bits per heavy atom. The molecule has 1 amide bonds. The van der Waals surface area contributed by atoms with E-state index in [9.17, 15) is 13.2 Å². The molecule has 0 heterocycles. The van der Waals surface area contributed by atoms with E-state index >= 15 is 0 Å². The quantitative estimate of drug-likeness (QED) is 0.836. The van der Waals surface area contributed by atoms with Crippen molar-refractivity contribution in [3.05, 3.63) is 35.4 Å². The first-order valence-electron chi connectivity index (χ1n) is 8.67. The van der Waals surface area contributed by atoms with Crippen LogP contribution in [0.15, 0.2) is 29.4 Å². The molecule has 3 rings (SSSR count). The Hall–Kier alpha value is -1.69. The van der Waals surface area contributed by atoms with E-state index < -0.39 is 9.84 Å². The van der Waals surface area contributed by atoms with E-state index in [1.165, 1.54) is 12.7 Å². The van der Waals surface area contributed by atoms with Gasteiger partial charge in [0.1, 0.15) is 0 Å². The van der Waals surface area contributed by atoms with E-state index in [4.69, 9.17) is 0 Å². The van der Waals surface area contributed by atoms with E-state index in [0.717, 1.165) is 18.6 Å². The fraction of sp³-hybridized carbons (Fsp3) is 0.579. The van der Waals surface area contributed by atoms with Crippen LogP contribution in [-0.2, 0) is 15.6 Å². The van der Waals surface area contributed by atoms with Crippen LogP contribution in [0.25, 0.3) is 0 Å². The molecule has 0 saturated heterocycles. The van der Waals surface area contributed by atoms with Gasteiger partial charge < -0.3 is 0 Å². The number of carbonyl (C=O) groups is 1. The van der Waals surface area contributed by atoms with Crippen molar-refractivity contribution >= 4 is 21.5 Å². The molecule has 0 radical (unpaired) electrons. The number of carbonyl (C=O) groups excluding carboxylic acids is 1. The highest BCUT2D eigenvalue weighted by Crippen LogP contribution is 2.63. The Balaban J connectivity index is 1.69. The molecule has 2 atom stereocenters. The SMILES string of the molecule is CC1(C)[C@H]2CC[C@@]1(C)/C(=N/NC(=O)c1ccc(CS(C)(=O)=O)cc1)C2. The molecule has 136 valence electrons. The Morgan fingerprint density at radius 1 is 1.24 bits per heavy atom. The van der Waals surface area contributed by atoms with Crippen molar-refractivity contribution in [2.24, 2.45) is 21.8 Å². The lowest BCUT2D eigenvalue weighted by atomic mass is 9.70. The summed E-state index contributed by atoms with van der Waals surface area (Å²) < 4.78 is 22.6. The standard InChI is InChI=1S/C19H26N2O3S/c1-18(2)15-9-10-19(18,3)16(11-15)20-21-17(22)14-7-5-13(6-8-14)12-25(4,23)24/h5-8,15H,9-12H2,1-4H3,(H,21,22)/b20-16+/t15-,19-/m0/s1. The van der Waals surface area contributed by atoms with Crippen molar-refractivity contribution in [2.75, 3.05) is 6.26 Å². The van der Waals surface area contributed by atoms with Gasteiger partial charge in [0, 0.05) is 22.9 Å². The van der Waals surface area contributed by atoms with Gasteiger partial charge in [-0.3, -0.25) is 4.79 Å². The van der Waals surface area contributed by atoms with Crippen molar-refractivity contribution in [3.63, 3.8) is 0 Å². The van der Waals surface area contributed by atoms with E-state index in [1.54, 1.807) is 24.3 Å². The second kappa shape index (κ2) is 5.94. The van der Waals surface area contributed by atoms with Crippen molar-refractivity contribution in [2.45, 2.75) is 45.8 Å². The van der Waals surface area contributed by atoms with E-state index in [1.807, 2.05) is 0 Å². The topological polar surface area (TPSA) is 75.6 Å². The average Bonchev–Trinajstić information content (AvgIpc) is 2.84. The Morgan fingerprint density at radius 2 is 1.88 bits per heavy atom. The highest BCUT2D eigenvalue weighted by atomic mass is 32.2. The first-order chi connectivity index (χ1) is 11.5. The number of benzene rings is 1. The Bertz CT molecular complexity index is 825. The lowest BCUT2D eigenvalue weighted by Crippen LogP contribution is -2.34. The molecule has 0 aromatic heterocycles. The Kier molecular flexibility index (Phi) is 4.30. The third kappa shape index (κ3) is 3.24. The molecule has 5 nitrogen and oxygen atoms in total. The molecule has 0 spiro atoms. The van der Waals surface area contributed by atoms with Crippen LogP contribution < -0.4 is 5.43 Å². The zero-order chi connectivity index (χ0) is 18.5. The third-order valence-corrected chi connectivity index (χ3v) is 7.31. The first-order valence-corrected chi connectivity index (χ1v) is 10.7. The van der Waals surface area contributed by atoms with Crippen molar-refractivity contribution < 1.29 is 13.2 Å². The third-order valence-electron chi connectivity index (χ3n) is 6.45. The molecule has 2 bridgehead atoms. The van der Waals surface area contributed by atoms with Gasteiger partial charge in [-0.1, -0.05) is 32.9 Å². The van der Waals surface area contributed by atoms with Crippen LogP contribution >= 0.6 is 0 Å². The normalized spacial score (nSPS) is 29.1. The second-order valence-electron chi connectivity index (χ2n) is 8.26. The summed E-state index contributed by atoms with van der Waals surface area (Å²) in [4.78, 5) is 12.3. The summed E-state index contributed by atoms with van der Waals surface area (Å²) in [7, 11) is -3.08. The van der Waals surface area contributed by atoms with Crippen LogP contribution in [0.5, 0.6) is 0 Å². The lowest BCUT2D eigenvalue weighted by molar-refractivity contribution is 0.0954. The predicted molar refractivity (Wildman–Crippen MR) is 99.1 cm³/mol. The number of nitrogens with zero attached hydrogens (tertiary/aromatic N) is 1. The maximum atomic E-state index is 12.3. The lowest BCUT2D eigenvalue weighted by Gasteiger charge is -2.34. The largest absolute Gasteiger partial charge is 0.271 e. The van der Waals surface area contributed by atoms with E-state index in [0.29, 0.717) is 17.0 Å². The average molecular weight is 362 g/mol. The van der Waals surface area contributed by atoms with Gasteiger partial charge in [0.25, 0.3) is 5.91 Å². The smallest absolute Gasteiger partial charge is 0.267 e. The number of hydrogen-bond acceptors (Lipinski definition) is 4. The minimum atomic E-state index is -3.08. The van der Waals surface area contributed by atoms with Crippen LogP contribution in [0.2, 0.25) is 0 Å². The number of hydrazone groups is 1. The summed E-state index contributed by atoms with van der Waals surface area (Å²) in [6.07, 6.45) is 4.51. The number of amides is 1. The molecule has 2 saturated carbocycles. The molecule has 2 aliphatic rings. The minimum absolute atomic E-state index is 0.0218. The molecule has 0 aliphatic heterocycles. The Labute approximate surface area is 149 Å². The molecular weight excluding hydrogens is 336 g/mol. The van der Waals surface area contributed by atoms with Gasteiger partial charge in [-0.2, -0.15) is 5.10 Å². The molecule has 2 fully saturated rings. The van der Waals surface area contributed by atoms with Gasteiger partial charge >= 0.3 is 0 Å². The highest BCUT2D eigenvalue weighted by molar-refractivity contribution is 7.89. The van der Waals surface area contributed by atoms with Gasteiger partial charge in [-0.25, -0.2) is 13.8 Å². The molecule has 1 aromatic rings. The summed E-state index contributed by atoms with van der Waals surface area (Å²) >= 11 is 0. The summed E-state index contributed by atoms with van der Waals surface area (Å²) in [5.41, 5.74) is 5.22. The summed E-state index contributed by atoms with van der Waals surface area (Å²) in [6, 6.07) is 6.63. The monoisotopic (exact) mass is 362 g/mol. The predicted octanol–water partition coefficient (Wildman–Crippen LogP) is 3.16. The van der Waals surface area contributed by atoms with E-state index in [-0.39, 0.29) is 22.5 Å². The molecule has 1 N–H and O–H groups in total. The van der Waals surface area contributed by atoms with Crippen LogP contribution in [0.1, 0.15) is 56.0 Å². The highest BCUT2D eigenvalue weighted by Gasteiger charge is 2.60. The first kappa shape index (κ1) is 18.1. The zero-order valence-electron chi connectivity index (χ0n) is 15.3. The number of nitrogens with one attached hydrogen (secondary N) is 1. The minimum Gasteiger partial charge on any atom is -0.267 e. The molecule has 0 unspecified atom stereocenters. The van der Waals surface area contributed by atoms with Crippen molar-refractivity contribution in [3.8, 4) is 0 Å². The van der Waals surface area contributed by atoms with Crippen molar-refractivity contribution in [1.82, 2.24) is 5.43 Å². The molecule has 25 heavy (non-hydrogen) atoms. The number of hydrogen-bond donors (Lipinski definition) is 1. The van der Waals surface area contributed by atoms with Gasteiger partial charge in [-0.05, 0) is 48.3 Å². The fourth-order valence-corrected chi connectivity index (χ4v) is 5.13. The summed E-state index contributed by atoms with van der Waals surface area (Å²) in [5, 5.41) is 4.45. The number of fused-ring (bicyclic) bond motifs is 2. The maximum absolute atomic E-state index is 12.3. The van der Waals surface area contributed by atoms with Crippen LogP contribution in [0.3, 0.4) is 0 Å². The zero-order valence-corrected chi connectivity index (χ0v) is 16.1. The van der Waals surface area contributed by atoms with Crippen LogP contribution in [0.4, 0.5) is 0 Å². The van der Waals surface area contributed by atoms with E-state index in [2.05, 4.69) is 31.3 Å². The number of rotatable bonds is 4. The fourth-order valence-electron chi connectivity index (χ4n) is 4.34. The molecule has 1 aromatic carbocycles. The maximum Gasteiger partial charge on any atom is 0.271 e. The van der Waals surface area contributed by atoms with Crippen LogP contribution in [-0.4, -0.2) is 26.3 Å². The van der Waals surface area contributed by atoms with Crippen molar-refractivity contribution in [1.29, 1.82) is 0 Å². The molecular formula is C19H26N2O3S. The summed E-state index contributed by atoms with van der Waals surface area (Å²) in [5.74, 6) is 0.359. The molecule has 6 heteroatoms. The molecule has 2 aliphatic carbocycles. The second-order valence-corrected chi connectivity index (χ2v) is 10.4. The van der Waals surface area contributed by atoms with Gasteiger partial charge in [0.15, 0.2) is 9.84 Å². The van der Waals surface area contributed by atoms with Gasteiger partial charge in [-0.15, -0.1) is 0 Å². The number of sulfone groups is 1. The van der Waals surface area contributed by atoms with Crippen LogP contribution in [0, 0.1) is 16.7 Å². The summed E-state index contributed by atoms with van der Waals surface area (Å²) in [6.45, 7) is 6.86. The van der Waals surface area contributed by atoms with Gasteiger partial charge in [0.05, 0.1) is 5.75 Å².